The quantitative estimate of drug-likeness (QED) is 0.729. The second-order valence-electron chi connectivity index (χ2n) is 4.52. The van der Waals surface area contributed by atoms with Crippen LogP contribution in [0.2, 0.25) is 0 Å². The van der Waals surface area contributed by atoms with Crippen LogP contribution in [0.1, 0.15) is 17.2 Å². The second kappa shape index (κ2) is 6.75. The molecule has 0 aliphatic heterocycles. The smallest absolute Gasteiger partial charge is 0.170 e. The van der Waals surface area contributed by atoms with Gasteiger partial charge in [0.15, 0.2) is 17.6 Å². The Bertz CT molecular complexity index is 636. The van der Waals surface area contributed by atoms with Gasteiger partial charge < -0.3 is 20.1 Å². The topological polar surface area (TPSA) is 93.7 Å². The van der Waals surface area contributed by atoms with Gasteiger partial charge in [-0.25, -0.2) is 0 Å². The van der Waals surface area contributed by atoms with E-state index in [1.54, 1.807) is 6.07 Å². The molecule has 0 fully saturated rings. The van der Waals surface area contributed by atoms with Gasteiger partial charge in [0.2, 0.25) is 0 Å². The van der Waals surface area contributed by atoms with Crippen molar-refractivity contribution in [2.75, 3.05) is 0 Å². The number of aromatic hydroxyl groups is 1. The minimum atomic E-state index is -1.53. The van der Waals surface area contributed by atoms with Crippen LogP contribution in [-0.4, -0.2) is 21.4 Å². The van der Waals surface area contributed by atoms with E-state index in [4.69, 9.17) is 10.00 Å². The summed E-state index contributed by atoms with van der Waals surface area (Å²) in [4.78, 5) is 0. The molecular formula is C16H15NO4. The molecule has 0 aromatic heterocycles. The van der Waals surface area contributed by atoms with Gasteiger partial charge in [0.1, 0.15) is 12.7 Å². The van der Waals surface area contributed by atoms with E-state index in [1.807, 2.05) is 30.3 Å². The third kappa shape index (κ3) is 3.72. The highest BCUT2D eigenvalue weighted by Gasteiger charge is 2.19. The number of phenols is 1. The number of nitriles is 1. The Hall–Kier alpha value is -2.55. The van der Waals surface area contributed by atoms with Crippen LogP contribution in [-0.2, 0) is 6.61 Å². The molecule has 2 aromatic rings. The summed E-state index contributed by atoms with van der Waals surface area (Å²) in [6.45, 7) is 0.259. The fraction of sp³-hybridized carbons (Fsp3) is 0.188. The number of aliphatic hydroxyl groups excluding tert-OH is 2. The van der Waals surface area contributed by atoms with E-state index in [1.165, 1.54) is 18.2 Å². The molecule has 0 amide bonds. The number of ether oxygens (including phenoxy) is 1. The molecule has 0 aliphatic rings. The van der Waals surface area contributed by atoms with E-state index in [-0.39, 0.29) is 18.1 Å². The lowest BCUT2D eigenvalue weighted by molar-refractivity contribution is 0.0525. The minimum Gasteiger partial charge on any atom is -0.504 e. The lowest BCUT2D eigenvalue weighted by Gasteiger charge is -2.14. The molecule has 0 spiro atoms. The van der Waals surface area contributed by atoms with Crippen LogP contribution in [0.3, 0.4) is 0 Å². The van der Waals surface area contributed by atoms with Crippen LogP contribution in [0.5, 0.6) is 11.5 Å². The standard InChI is InChI=1S/C16H15NO4/c17-9-14(19)16(20)12-6-7-13(18)15(8-12)21-10-11-4-2-1-3-5-11/h1-8,14,16,18-20H,10H2. The predicted molar refractivity (Wildman–Crippen MR) is 75.5 cm³/mol. The van der Waals surface area contributed by atoms with E-state index in [0.717, 1.165) is 5.56 Å². The van der Waals surface area contributed by atoms with Crippen molar-refractivity contribution in [1.82, 2.24) is 0 Å². The highest BCUT2D eigenvalue weighted by Crippen LogP contribution is 2.30. The van der Waals surface area contributed by atoms with Gasteiger partial charge in [0, 0.05) is 0 Å². The van der Waals surface area contributed by atoms with Crippen LogP contribution < -0.4 is 4.74 Å². The van der Waals surface area contributed by atoms with Gasteiger partial charge in [-0.3, -0.25) is 0 Å². The fourth-order valence-electron chi connectivity index (χ4n) is 1.82. The lowest BCUT2D eigenvalue weighted by atomic mass is 10.0. The van der Waals surface area contributed by atoms with Gasteiger partial charge in [-0.1, -0.05) is 36.4 Å². The van der Waals surface area contributed by atoms with E-state index < -0.39 is 12.2 Å². The van der Waals surface area contributed by atoms with Gasteiger partial charge in [-0.2, -0.15) is 5.26 Å². The molecule has 0 aliphatic carbocycles. The first-order valence-electron chi connectivity index (χ1n) is 6.37. The van der Waals surface area contributed by atoms with Crippen LogP contribution in [0.4, 0.5) is 0 Å². The molecule has 0 heterocycles. The Labute approximate surface area is 122 Å². The van der Waals surface area contributed by atoms with E-state index in [9.17, 15) is 15.3 Å². The zero-order valence-electron chi connectivity index (χ0n) is 11.2. The SMILES string of the molecule is N#CC(O)C(O)c1ccc(O)c(OCc2ccccc2)c1. The number of phenolic OH excluding ortho intramolecular Hbond substituents is 1. The molecule has 2 aromatic carbocycles. The molecule has 3 N–H and O–H groups in total. The van der Waals surface area contributed by atoms with Gasteiger partial charge in [-0.05, 0) is 23.3 Å². The maximum Gasteiger partial charge on any atom is 0.170 e. The van der Waals surface area contributed by atoms with Gasteiger partial charge in [0.25, 0.3) is 0 Å². The summed E-state index contributed by atoms with van der Waals surface area (Å²) < 4.78 is 5.50. The Balaban J connectivity index is 2.14. The summed E-state index contributed by atoms with van der Waals surface area (Å²) in [6.07, 6.45) is -2.88. The summed E-state index contributed by atoms with van der Waals surface area (Å²) in [5.74, 6) is 0.105. The van der Waals surface area contributed by atoms with Crippen molar-refractivity contribution in [3.63, 3.8) is 0 Å². The van der Waals surface area contributed by atoms with Crippen molar-refractivity contribution in [3.05, 3.63) is 59.7 Å². The Kier molecular flexibility index (Phi) is 4.77. The maximum absolute atomic E-state index is 9.78. The van der Waals surface area contributed by atoms with Gasteiger partial charge >= 0.3 is 0 Å². The number of nitrogens with zero attached hydrogens (tertiary/aromatic N) is 1. The van der Waals surface area contributed by atoms with Crippen LogP contribution in [0.25, 0.3) is 0 Å². The molecule has 108 valence electrons. The summed E-state index contributed by atoms with van der Waals surface area (Å²) in [5.41, 5.74) is 1.23. The first-order valence-corrected chi connectivity index (χ1v) is 6.37. The molecule has 5 heteroatoms. The Morgan fingerprint density at radius 2 is 1.81 bits per heavy atom. The molecule has 2 unspecified atom stereocenters. The molecule has 5 nitrogen and oxygen atoms in total. The molecule has 21 heavy (non-hydrogen) atoms. The molecule has 0 radical (unpaired) electrons. The molecular weight excluding hydrogens is 270 g/mol. The van der Waals surface area contributed by atoms with Crippen LogP contribution in [0.15, 0.2) is 48.5 Å². The Morgan fingerprint density at radius 3 is 2.48 bits per heavy atom. The molecule has 2 rings (SSSR count). The first-order chi connectivity index (χ1) is 10.1. The average Bonchev–Trinajstić information content (AvgIpc) is 2.53. The number of benzene rings is 2. The third-order valence-electron chi connectivity index (χ3n) is 2.99. The van der Waals surface area contributed by atoms with Crippen molar-refractivity contribution in [2.45, 2.75) is 18.8 Å². The van der Waals surface area contributed by atoms with Crippen molar-refractivity contribution in [2.24, 2.45) is 0 Å². The zero-order chi connectivity index (χ0) is 15.2. The van der Waals surface area contributed by atoms with E-state index in [0.29, 0.717) is 5.56 Å². The van der Waals surface area contributed by atoms with Crippen molar-refractivity contribution >= 4 is 0 Å². The van der Waals surface area contributed by atoms with Gasteiger partial charge in [-0.15, -0.1) is 0 Å². The Morgan fingerprint density at radius 1 is 1.10 bits per heavy atom. The van der Waals surface area contributed by atoms with Crippen LogP contribution >= 0.6 is 0 Å². The fourth-order valence-corrected chi connectivity index (χ4v) is 1.82. The summed E-state index contributed by atoms with van der Waals surface area (Å²) in [7, 11) is 0. The van der Waals surface area contributed by atoms with Crippen molar-refractivity contribution < 1.29 is 20.1 Å². The van der Waals surface area contributed by atoms with Crippen molar-refractivity contribution in [1.29, 1.82) is 5.26 Å². The minimum absolute atomic E-state index is 0.0756. The maximum atomic E-state index is 9.78. The van der Waals surface area contributed by atoms with Crippen molar-refractivity contribution in [3.8, 4) is 17.6 Å². The summed E-state index contributed by atoms with van der Waals surface area (Å²) >= 11 is 0. The second-order valence-corrected chi connectivity index (χ2v) is 4.52. The monoisotopic (exact) mass is 285 g/mol. The zero-order valence-corrected chi connectivity index (χ0v) is 11.2. The highest BCUT2D eigenvalue weighted by atomic mass is 16.5. The highest BCUT2D eigenvalue weighted by molar-refractivity contribution is 5.43. The number of hydrogen-bond donors (Lipinski definition) is 3. The third-order valence-corrected chi connectivity index (χ3v) is 2.99. The number of rotatable bonds is 5. The summed E-state index contributed by atoms with van der Waals surface area (Å²) in [5, 5.41) is 37.5. The number of aliphatic hydroxyl groups is 2. The number of hydrogen-bond acceptors (Lipinski definition) is 5. The molecule has 0 saturated heterocycles. The molecule has 2 atom stereocenters. The molecule has 0 saturated carbocycles. The van der Waals surface area contributed by atoms with Crippen LogP contribution in [0, 0.1) is 11.3 Å². The summed E-state index contributed by atoms with van der Waals surface area (Å²) in [6, 6.07) is 15.2. The van der Waals surface area contributed by atoms with E-state index >= 15 is 0 Å². The first kappa shape index (κ1) is 14.9. The largest absolute Gasteiger partial charge is 0.504 e. The average molecular weight is 285 g/mol. The van der Waals surface area contributed by atoms with Gasteiger partial charge in [0.05, 0.1) is 6.07 Å². The normalized spacial score (nSPS) is 13.2. The lowest BCUT2D eigenvalue weighted by Crippen LogP contribution is -2.15. The van der Waals surface area contributed by atoms with E-state index in [2.05, 4.69) is 0 Å². The molecule has 0 bridgehead atoms. The predicted octanol–water partition coefficient (Wildman–Crippen LogP) is 1.89.